The van der Waals surface area contributed by atoms with Gasteiger partial charge in [-0.05, 0) is 6.42 Å². The predicted molar refractivity (Wildman–Crippen MR) is 46.2 cm³/mol. The van der Waals surface area contributed by atoms with Crippen LogP contribution in [0.2, 0.25) is 0 Å². The molecule has 0 unspecified atom stereocenters. The van der Waals surface area contributed by atoms with Crippen LogP contribution in [0.5, 0.6) is 0 Å². The van der Waals surface area contributed by atoms with Gasteiger partial charge in [-0.3, -0.25) is 9.59 Å². The average molecular weight is 200 g/mol. The fourth-order valence-electron chi connectivity index (χ4n) is 1.52. The van der Waals surface area contributed by atoms with Crippen molar-refractivity contribution in [2.24, 2.45) is 5.73 Å². The van der Waals surface area contributed by atoms with Crippen molar-refractivity contribution in [3.05, 3.63) is 0 Å². The molecule has 0 saturated carbocycles. The molecule has 1 rings (SSSR count). The summed E-state index contributed by atoms with van der Waals surface area (Å²) in [5, 5.41) is 8.80. The standard InChI is InChI=1S/C8H12N2O4/c9-6(11)4-5(8(13)14)10-3-1-2-7(10)12/h5H,1-4H2,(H2,9,11)(H,13,14)/t5-/m0/s1. The average Bonchev–Trinajstić information content (AvgIpc) is 2.46. The maximum absolute atomic E-state index is 11.2. The van der Waals surface area contributed by atoms with Gasteiger partial charge in [0.25, 0.3) is 0 Å². The van der Waals surface area contributed by atoms with Gasteiger partial charge in [0.2, 0.25) is 11.8 Å². The molecule has 6 heteroatoms. The first-order chi connectivity index (χ1) is 6.52. The Morgan fingerprint density at radius 2 is 2.21 bits per heavy atom. The molecule has 0 radical (unpaired) electrons. The highest BCUT2D eigenvalue weighted by Gasteiger charge is 2.33. The maximum Gasteiger partial charge on any atom is 0.326 e. The van der Waals surface area contributed by atoms with Crippen LogP contribution < -0.4 is 5.73 Å². The Hall–Kier alpha value is -1.59. The molecule has 0 spiro atoms. The highest BCUT2D eigenvalue weighted by atomic mass is 16.4. The van der Waals surface area contributed by atoms with Crippen LogP contribution in [0.3, 0.4) is 0 Å². The van der Waals surface area contributed by atoms with Crippen LogP contribution in [0, 0.1) is 0 Å². The quantitative estimate of drug-likeness (QED) is 0.603. The first kappa shape index (κ1) is 10.5. The maximum atomic E-state index is 11.2. The number of rotatable bonds is 4. The summed E-state index contributed by atoms with van der Waals surface area (Å²) in [6.07, 6.45) is 0.672. The molecule has 78 valence electrons. The van der Waals surface area contributed by atoms with Gasteiger partial charge < -0.3 is 15.7 Å². The molecule has 1 saturated heterocycles. The van der Waals surface area contributed by atoms with E-state index < -0.39 is 17.9 Å². The number of aliphatic carboxylic acids is 1. The zero-order valence-electron chi connectivity index (χ0n) is 7.60. The monoisotopic (exact) mass is 200 g/mol. The van der Waals surface area contributed by atoms with Crippen LogP contribution in [0.1, 0.15) is 19.3 Å². The van der Waals surface area contributed by atoms with Gasteiger partial charge >= 0.3 is 5.97 Å². The van der Waals surface area contributed by atoms with Crippen LogP contribution in [-0.4, -0.2) is 40.4 Å². The van der Waals surface area contributed by atoms with E-state index in [1.54, 1.807) is 0 Å². The largest absolute Gasteiger partial charge is 0.480 e. The summed E-state index contributed by atoms with van der Waals surface area (Å²) in [5.41, 5.74) is 4.90. The van der Waals surface area contributed by atoms with Crippen molar-refractivity contribution in [2.45, 2.75) is 25.3 Å². The number of carbonyl (C=O) groups is 3. The molecule has 1 aliphatic heterocycles. The van der Waals surface area contributed by atoms with Crippen molar-refractivity contribution in [3.63, 3.8) is 0 Å². The van der Waals surface area contributed by atoms with Crippen LogP contribution in [0.4, 0.5) is 0 Å². The minimum Gasteiger partial charge on any atom is -0.480 e. The number of hydrogen-bond acceptors (Lipinski definition) is 3. The summed E-state index contributed by atoms with van der Waals surface area (Å²) in [6.45, 7) is 0.392. The Bertz CT molecular complexity index is 277. The van der Waals surface area contributed by atoms with E-state index in [0.717, 1.165) is 0 Å². The Labute approximate surface area is 80.7 Å². The smallest absolute Gasteiger partial charge is 0.326 e. The number of carboxylic acid groups (broad SMARTS) is 1. The van der Waals surface area contributed by atoms with Gasteiger partial charge in [0.05, 0.1) is 6.42 Å². The fourth-order valence-corrected chi connectivity index (χ4v) is 1.52. The van der Waals surface area contributed by atoms with Gasteiger partial charge in [0.15, 0.2) is 0 Å². The third-order valence-corrected chi connectivity index (χ3v) is 2.17. The molecule has 3 N–H and O–H groups in total. The van der Waals surface area contributed by atoms with Crippen LogP contribution in [0.25, 0.3) is 0 Å². The number of nitrogens with zero attached hydrogens (tertiary/aromatic N) is 1. The molecule has 0 aromatic rings. The highest BCUT2D eigenvalue weighted by Crippen LogP contribution is 2.15. The Balaban J connectivity index is 2.71. The number of hydrogen-bond donors (Lipinski definition) is 2. The lowest BCUT2D eigenvalue weighted by Gasteiger charge is -2.22. The molecular weight excluding hydrogens is 188 g/mol. The fraction of sp³-hybridized carbons (Fsp3) is 0.625. The molecule has 1 heterocycles. The van der Waals surface area contributed by atoms with Crippen LogP contribution in [-0.2, 0) is 14.4 Å². The molecular formula is C8H12N2O4. The zero-order chi connectivity index (χ0) is 10.7. The molecule has 1 aliphatic rings. The van der Waals surface area contributed by atoms with Crippen molar-refractivity contribution in [3.8, 4) is 0 Å². The van der Waals surface area contributed by atoms with Gasteiger partial charge in [-0.1, -0.05) is 0 Å². The molecule has 0 aromatic heterocycles. The number of nitrogens with two attached hydrogens (primary N) is 1. The van der Waals surface area contributed by atoms with E-state index in [4.69, 9.17) is 10.8 Å². The van der Waals surface area contributed by atoms with E-state index in [0.29, 0.717) is 19.4 Å². The first-order valence-electron chi connectivity index (χ1n) is 4.33. The summed E-state index contributed by atoms with van der Waals surface area (Å²) in [4.78, 5) is 33.8. The SMILES string of the molecule is NC(=O)C[C@@H](C(=O)O)N1CCCC1=O. The lowest BCUT2D eigenvalue weighted by atomic mass is 10.2. The minimum absolute atomic E-state index is 0.223. The zero-order valence-corrected chi connectivity index (χ0v) is 7.60. The van der Waals surface area contributed by atoms with Gasteiger partial charge in [-0.15, -0.1) is 0 Å². The van der Waals surface area contributed by atoms with E-state index in [2.05, 4.69) is 0 Å². The lowest BCUT2D eigenvalue weighted by Crippen LogP contribution is -2.44. The predicted octanol–water partition coefficient (Wildman–Crippen LogP) is -1.06. The van der Waals surface area contributed by atoms with E-state index in [1.807, 2.05) is 0 Å². The summed E-state index contributed by atoms with van der Waals surface area (Å²) >= 11 is 0. The van der Waals surface area contributed by atoms with Gasteiger partial charge in [0.1, 0.15) is 6.04 Å². The van der Waals surface area contributed by atoms with Gasteiger partial charge in [0, 0.05) is 13.0 Å². The summed E-state index contributed by atoms with van der Waals surface area (Å²) in [5.74, 6) is -2.12. The second kappa shape index (κ2) is 4.08. The van der Waals surface area contributed by atoms with E-state index in [9.17, 15) is 14.4 Å². The van der Waals surface area contributed by atoms with E-state index >= 15 is 0 Å². The molecule has 1 atom stereocenters. The summed E-state index contributed by atoms with van der Waals surface area (Å²) in [7, 11) is 0. The highest BCUT2D eigenvalue weighted by molar-refractivity contribution is 5.88. The number of carbonyl (C=O) groups excluding carboxylic acids is 2. The van der Waals surface area contributed by atoms with Crippen molar-refractivity contribution in [1.82, 2.24) is 4.90 Å². The van der Waals surface area contributed by atoms with Crippen molar-refractivity contribution >= 4 is 17.8 Å². The summed E-state index contributed by atoms with van der Waals surface area (Å²) < 4.78 is 0. The topological polar surface area (TPSA) is 101 Å². The normalized spacial score (nSPS) is 18.3. The van der Waals surface area contributed by atoms with E-state index in [-0.39, 0.29) is 12.3 Å². The molecule has 1 fully saturated rings. The Morgan fingerprint density at radius 1 is 1.57 bits per heavy atom. The van der Waals surface area contributed by atoms with Gasteiger partial charge in [-0.25, -0.2) is 4.79 Å². The van der Waals surface area contributed by atoms with Crippen molar-refractivity contribution in [2.75, 3.05) is 6.54 Å². The Morgan fingerprint density at radius 3 is 2.57 bits per heavy atom. The molecule has 14 heavy (non-hydrogen) atoms. The number of carboxylic acids is 1. The van der Waals surface area contributed by atoms with Crippen molar-refractivity contribution in [1.29, 1.82) is 0 Å². The van der Waals surface area contributed by atoms with Crippen LogP contribution in [0.15, 0.2) is 0 Å². The lowest BCUT2D eigenvalue weighted by molar-refractivity contribution is -0.149. The summed E-state index contributed by atoms with van der Waals surface area (Å²) in [6, 6.07) is -1.09. The van der Waals surface area contributed by atoms with E-state index in [1.165, 1.54) is 4.90 Å². The Kier molecular flexibility index (Phi) is 3.06. The number of likely N-dealkylation sites (tertiary alicyclic amines) is 1. The molecule has 0 aliphatic carbocycles. The number of primary amides is 1. The first-order valence-corrected chi connectivity index (χ1v) is 4.33. The second-order valence-corrected chi connectivity index (χ2v) is 3.22. The minimum atomic E-state index is -1.18. The molecule has 6 nitrogen and oxygen atoms in total. The second-order valence-electron chi connectivity index (χ2n) is 3.22. The third-order valence-electron chi connectivity index (χ3n) is 2.17. The van der Waals surface area contributed by atoms with Crippen LogP contribution >= 0.6 is 0 Å². The third kappa shape index (κ3) is 2.21. The molecule has 0 bridgehead atoms. The van der Waals surface area contributed by atoms with Gasteiger partial charge in [-0.2, -0.15) is 0 Å². The molecule has 0 aromatic carbocycles. The molecule has 2 amide bonds. The number of amides is 2. The van der Waals surface area contributed by atoms with Crippen molar-refractivity contribution < 1.29 is 19.5 Å².